The van der Waals surface area contributed by atoms with E-state index in [0.29, 0.717) is 13.0 Å². The predicted octanol–water partition coefficient (Wildman–Crippen LogP) is 3.01. The van der Waals surface area contributed by atoms with Crippen molar-refractivity contribution in [2.24, 2.45) is 0 Å². The summed E-state index contributed by atoms with van der Waals surface area (Å²) >= 11 is 3.53. The Kier molecular flexibility index (Phi) is 6.55. The Hall–Kier alpha value is -1.86. The van der Waals surface area contributed by atoms with E-state index in [1.54, 1.807) is 7.11 Å². The molecule has 0 atom stereocenters. The smallest absolute Gasteiger partial charge is 0.224 e. The summed E-state index contributed by atoms with van der Waals surface area (Å²) < 4.78 is 8.23. The number of carbonyl (C=O) groups is 1. The summed E-state index contributed by atoms with van der Waals surface area (Å²) in [5.74, 6) is 1.09. The van der Waals surface area contributed by atoms with Crippen LogP contribution in [0.2, 0.25) is 0 Å². The maximum absolute atomic E-state index is 12.6. The Bertz CT molecular complexity index is 797. The topological polar surface area (TPSA) is 50.6 Å². The normalized spacial score (nSPS) is 15.2. The van der Waals surface area contributed by atoms with E-state index in [2.05, 4.69) is 38.1 Å². The van der Waals surface area contributed by atoms with Crippen molar-refractivity contribution in [3.05, 3.63) is 45.7 Å². The van der Waals surface area contributed by atoms with Crippen LogP contribution in [0.1, 0.15) is 23.4 Å². The monoisotopic (exact) mass is 434 g/mol. The van der Waals surface area contributed by atoms with Gasteiger partial charge in [0.2, 0.25) is 5.91 Å². The predicted molar refractivity (Wildman–Crippen MR) is 109 cm³/mol. The highest BCUT2D eigenvalue weighted by Crippen LogP contribution is 2.20. The Morgan fingerprint density at radius 1 is 1.22 bits per heavy atom. The first-order valence-electron chi connectivity index (χ1n) is 9.30. The van der Waals surface area contributed by atoms with E-state index in [1.165, 1.54) is 5.56 Å². The van der Waals surface area contributed by atoms with Gasteiger partial charge in [0.1, 0.15) is 5.75 Å². The van der Waals surface area contributed by atoms with E-state index in [9.17, 15) is 4.79 Å². The van der Waals surface area contributed by atoms with Crippen LogP contribution in [-0.4, -0.2) is 58.8 Å². The van der Waals surface area contributed by atoms with Crippen molar-refractivity contribution in [2.75, 3.05) is 33.3 Å². The number of methoxy groups -OCH3 is 1. The number of halogens is 1. The second-order valence-corrected chi connectivity index (χ2v) is 7.76. The molecule has 6 nitrogen and oxygen atoms in total. The molecule has 2 heterocycles. The van der Waals surface area contributed by atoms with Gasteiger partial charge in [0.25, 0.3) is 0 Å². The molecule has 27 heavy (non-hydrogen) atoms. The van der Waals surface area contributed by atoms with Crippen LogP contribution in [0.3, 0.4) is 0 Å². The maximum Gasteiger partial charge on any atom is 0.224 e. The quantitative estimate of drug-likeness (QED) is 0.700. The lowest BCUT2D eigenvalue weighted by molar-refractivity contribution is -0.133. The minimum absolute atomic E-state index is 0.208. The molecule has 0 saturated carbocycles. The zero-order valence-corrected chi connectivity index (χ0v) is 17.8. The number of amides is 1. The van der Waals surface area contributed by atoms with Gasteiger partial charge in [-0.15, -0.1) is 0 Å². The molecule has 1 aromatic heterocycles. The SMILES string of the molecule is COc1cccc(CN2CCN(C(=O)CCn3nc(C)c(Br)c3C)CC2)c1. The highest BCUT2D eigenvalue weighted by molar-refractivity contribution is 9.10. The van der Waals surface area contributed by atoms with Crippen molar-refractivity contribution < 1.29 is 9.53 Å². The molecule has 0 spiro atoms. The van der Waals surface area contributed by atoms with Crippen molar-refractivity contribution in [1.82, 2.24) is 19.6 Å². The third-order valence-corrected chi connectivity index (χ3v) is 6.24. The summed E-state index contributed by atoms with van der Waals surface area (Å²) in [6.07, 6.45) is 0.490. The molecule has 1 aliphatic heterocycles. The molecule has 1 saturated heterocycles. The van der Waals surface area contributed by atoms with E-state index < -0.39 is 0 Å². The number of nitrogens with zero attached hydrogens (tertiary/aromatic N) is 4. The van der Waals surface area contributed by atoms with E-state index in [1.807, 2.05) is 35.6 Å². The minimum Gasteiger partial charge on any atom is -0.497 e. The van der Waals surface area contributed by atoms with Gasteiger partial charge >= 0.3 is 0 Å². The number of hydrogen-bond acceptors (Lipinski definition) is 4. The second-order valence-electron chi connectivity index (χ2n) is 6.97. The van der Waals surface area contributed by atoms with Gasteiger partial charge in [-0.1, -0.05) is 12.1 Å². The molecule has 0 unspecified atom stereocenters. The van der Waals surface area contributed by atoms with Crippen molar-refractivity contribution in [3.8, 4) is 5.75 Å². The Balaban J connectivity index is 1.46. The van der Waals surface area contributed by atoms with Crippen LogP contribution in [0.25, 0.3) is 0 Å². The van der Waals surface area contributed by atoms with Crippen LogP contribution in [-0.2, 0) is 17.9 Å². The maximum atomic E-state index is 12.6. The number of rotatable bonds is 6. The molecule has 0 aliphatic carbocycles. The van der Waals surface area contributed by atoms with Crippen LogP contribution in [0.15, 0.2) is 28.7 Å². The van der Waals surface area contributed by atoms with Crippen molar-refractivity contribution in [3.63, 3.8) is 0 Å². The first kappa shape index (κ1) is 19.9. The molecular weight excluding hydrogens is 408 g/mol. The number of aryl methyl sites for hydroxylation is 2. The van der Waals surface area contributed by atoms with Gasteiger partial charge < -0.3 is 9.64 Å². The largest absolute Gasteiger partial charge is 0.497 e. The highest BCUT2D eigenvalue weighted by atomic mass is 79.9. The fourth-order valence-corrected chi connectivity index (χ4v) is 3.72. The molecular formula is C20H27BrN4O2. The molecule has 0 N–H and O–H groups in total. The molecule has 1 fully saturated rings. The Morgan fingerprint density at radius 3 is 2.59 bits per heavy atom. The van der Waals surface area contributed by atoms with Crippen LogP contribution in [0, 0.1) is 13.8 Å². The van der Waals surface area contributed by atoms with Gasteiger partial charge in [0, 0.05) is 44.8 Å². The first-order chi connectivity index (χ1) is 13.0. The van der Waals surface area contributed by atoms with E-state index >= 15 is 0 Å². The van der Waals surface area contributed by atoms with Crippen molar-refractivity contribution in [2.45, 2.75) is 33.4 Å². The van der Waals surface area contributed by atoms with Gasteiger partial charge in [-0.05, 0) is 47.5 Å². The second kappa shape index (κ2) is 8.89. The molecule has 7 heteroatoms. The molecule has 1 aliphatic rings. The number of piperazine rings is 1. The Morgan fingerprint density at radius 2 is 1.96 bits per heavy atom. The summed E-state index contributed by atoms with van der Waals surface area (Å²) in [5.41, 5.74) is 3.28. The van der Waals surface area contributed by atoms with E-state index in [0.717, 1.165) is 54.3 Å². The third-order valence-electron chi connectivity index (χ3n) is 5.10. The fraction of sp³-hybridized carbons (Fsp3) is 0.500. The summed E-state index contributed by atoms with van der Waals surface area (Å²) in [5, 5.41) is 4.48. The molecule has 0 bridgehead atoms. The summed E-state index contributed by atoms with van der Waals surface area (Å²) in [7, 11) is 1.69. The molecule has 2 aromatic rings. The zero-order valence-electron chi connectivity index (χ0n) is 16.2. The number of benzene rings is 1. The zero-order chi connectivity index (χ0) is 19.4. The van der Waals surface area contributed by atoms with E-state index in [4.69, 9.17) is 4.74 Å². The van der Waals surface area contributed by atoms with Crippen LogP contribution in [0.5, 0.6) is 5.75 Å². The first-order valence-corrected chi connectivity index (χ1v) is 10.1. The molecule has 1 amide bonds. The van der Waals surface area contributed by atoms with Crippen LogP contribution in [0.4, 0.5) is 0 Å². The number of ether oxygens (including phenoxy) is 1. The lowest BCUT2D eigenvalue weighted by atomic mass is 10.2. The van der Waals surface area contributed by atoms with Crippen LogP contribution < -0.4 is 4.74 Å². The molecule has 3 rings (SSSR count). The van der Waals surface area contributed by atoms with Gasteiger partial charge in [0.15, 0.2) is 0 Å². The molecule has 0 radical (unpaired) electrons. The summed E-state index contributed by atoms with van der Waals surface area (Å²) in [6.45, 7) is 8.86. The van der Waals surface area contributed by atoms with Gasteiger partial charge in [-0.2, -0.15) is 5.10 Å². The van der Waals surface area contributed by atoms with E-state index in [-0.39, 0.29) is 5.91 Å². The Labute approximate surface area is 169 Å². The van der Waals surface area contributed by atoms with Crippen molar-refractivity contribution >= 4 is 21.8 Å². The summed E-state index contributed by atoms with van der Waals surface area (Å²) in [4.78, 5) is 16.9. The van der Waals surface area contributed by atoms with Crippen molar-refractivity contribution in [1.29, 1.82) is 0 Å². The highest BCUT2D eigenvalue weighted by Gasteiger charge is 2.21. The minimum atomic E-state index is 0.208. The standard InChI is InChI=1S/C20H27BrN4O2/c1-15-20(21)16(2)25(22-15)8-7-19(26)24-11-9-23(10-12-24)14-17-5-4-6-18(13-17)27-3/h4-6,13H,7-12,14H2,1-3H3. The number of hydrogen-bond donors (Lipinski definition) is 0. The number of carbonyl (C=O) groups excluding carboxylic acids is 1. The van der Waals surface area contributed by atoms with Gasteiger partial charge in [0.05, 0.1) is 23.8 Å². The lowest BCUT2D eigenvalue weighted by Gasteiger charge is -2.35. The van der Waals surface area contributed by atoms with Gasteiger partial charge in [-0.3, -0.25) is 14.4 Å². The summed E-state index contributed by atoms with van der Waals surface area (Å²) in [6, 6.07) is 8.17. The molecule has 1 aromatic carbocycles. The van der Waals surface area contributed by atoms with Gasteiger partial charge in [-0.25, -0.2) is 0 Å². The third kappa shape index (κ3) is 4.90. The average Bonchev–Trinajstić information content (AvgIpc) is 2.93. The number of aromatic nitrogens is 2. The fourth-order valence-electron chi connectivity index (χ4n) is 3.44. The lowest BCUT2D eigenvalue weighted by Crippen LogP contribution is -2.48. The molecule has 146 valence electrons. The van der Waals surface area contributed by atoms with Crippen LogP contribution >= 0.6 is 15.9 Å². The average molecular weight is 435 g/mol.